The zero-order chi connectivity index (χ0) is 17.1. The average molecular weight is 321 g/mol. The van der Waals surface area contributed by atoms with Crippen molar-refractivity contribution in [1.82, 2.24) is 0 Å². The van der Waals surface area contributed by atoms with Crippen molar-refractivity contribution < 1.29 is 5.11 Å². The van der Waals surface area contributed by atoms with Gasteiger partial charge in [0, 0.05) is 12.5 Å². The van der Waals surface area contributed by atoms with Crippen LogP contribution in [0.3, 0.4) is 0 Å². The van der Waals surface area contributed by atoms with Gasteiger partial charge in [0.15, 0.2) is 0 Å². The first-order valence-electron chi connectivity index (χ1n) is 9.00. The molecule has 4 atom stereocenters. The third kappa shape index (κ3) is 4.06. The molecule has 1 N–H and O–H groups in total. The largest absolute Gasteiger partial charge is 0.396 e. The van der Waals surface area contributed by atoms with Gasteiger partial charge in [-0.2, -0.15) is 0 Å². The van der Waals surface area contributed by atoms with E-state index in [4.69, 9.17) is 5.11 Å². The van der Waals surface area contributed by atoms with Crippen LogP contribution in [0.4, 0.5) is 0 Å². The van der Waals surface area contributed by atoms with E-state index in [9.17, 15) is 0 Å². The van der Waals surface area contributed by atoms with Gasteiger partial charge in [0.2, 0.25) is 0 Å². The summed E-state index contributed by atoms with van der Waals surface area (Å²) in [5, 5.41) is 9.12. The molecule has 126 valence electrons. The van der Waals surface area contributed by atoms with Crippen LogP contribution in [0, 0.1) is 35.1 Å². The smallest absolute Gasteiger partial charge is 0.145 e. The summed E-state index contributed by atoms with van der Waals surface area (Å²) < 4.78 is 0. The van der Waals surface area contributed by atoms with Crippen LogP contribution in [0.15, 0.2) is 12.2 Å². The Morgan fingerprint density at radius 2 is 1.50 bits per heavy atom. The molecule has 0 bridgehead atoms. The topological polar surface area (TPSA) is 20.2 Å². The lowest BCUT2D eigenvalue weighted by Gasteiger charge is -2.38. The molecule has 1 aliphatic carbocycles. The fourth-order valence-electron chi connectivity index (χ4n) is 4.04. The van der Waals surface area contributed by atoms with Crippen molar-refractivity contribution in [3.05, 3.63) is 12.2 Å². The normalized spacial score (nSPS) is 26.6. The van der Waals surface area contributed by atoms with Gasteiger partial charge < -0.3 is 5.11 Å². The second kappa shape index (κ2) is 7.84. The first-order valence-corrected chi connectivity index (χ1v) is 11.2. The molecular formula is C20H36OSi. The lowest BCUT2D eigenvalue weighted by molar-refractivity contribution is 0.261. The molecule has 0 radical (unpaired) electrons. The van der Waals surface area contributed by atoms with Crippen molar-refractivity contribution in [1.29, 1.82) is 0 Å². The van der Waals surface area contributed by atoms with Crippen molar-refractivity contribution in [3.8, 4) is 11.5 Å². The summed E-state index contributed by atoms with van der Waals surface area (Å²) in [4.78, 5) is 0. The molecule has 1 fully saturated rings. The van der Waals surface area contributed by atoms with Gasteiger partial charge in [0.1, 0.15) is 8.07 Å². The van der Waals surface area contributed by atoms with Crippen LogP contribution in [-0.4, -0.2) is 19.8 Å². The summed E-state index contributed by atoms with van der Waals surface area (Å²) >= 11 is 0. The van der Waals surface area contributed by atoms with Gasteiger partial charge in [-0.05, 0) is 34.4 Å². The van der Waals surface area contributed by atoms with Crippen molar-refractivity contribution in [2.45, 2.75) is 72.0 Å². The molecule has 1 aliphatic rings. The van der Waals surface area contributed by atoms with Crippen LogP contribution in [0.5, 0.6) is 0 Å². The minimum atomic E-state index is -1.59. The highest BCUT2D eigenvalue weighted by atomic mass is 28.3. The van der Waals surface area contributed by atoms with Gasteiger partial charge >= 0.3 is 0 Å². The number of hydrogen-bond acceptors (Lipinski definition) is 1. The first-order chi connectivity index (χ1) is 10.2. The molecule has 0 saturated heterocycles. The highest BCUT2D eigenvalue weighted by molar-refractivity contribution is 6.90. The second-order valence-electron chi connectivity index (χ2n) is 8.17. The molecule has 0 aromatic heterocycles. The van der Waals surface area contributed by atoms with Gasteiger partial charge in [-0.15, -0.1) is 11.5 Å². The molecule has 0 aliphatic heterocycles. The van der Waals surface area contributed by atoms with Crippen molar-refractivity contribution in [2.24, 2.45) is 23.7 Å². The summed E-state index contributed by atoms with van der Waals surface area (Å²) in [5.41, 5.74) is 5.98. The molecule has 1 nitrogen and oxygen atoms in total. The van der Waals surface area contributed by atoms with Crippen molar-refractivity contribution in [2.75, 3.05) is 6.61 Å². The van der Waals surface area contributed by atoms with E-state index >= 15 is 0 Å². The van der Waals surface area contributed by atoms with E-state index in [1.54, 1.807) is 0 Å². The number of aliphatic hydroxyl groups excluding tert-OH is 1. The standard InChI is InChI=1S/C20H36OSi/c1-14(2)22(15(3)4,16(5)6)12-11-20-18(8)19(20)10-9-17(7)13-21/h9-10,14-21H,13H2,1-8H3/b10-9+/t17-,18-,19+,20+/m1/s1. The zero-order valence-corrected chi connectivity index (χ0v) is 16.9. The maximum Gasteiger partial charge on any atom is 0.145 e. The quantitative estimate of drug-likeness (QED) is 0.401. The molecule has 22 heavy (non-hydrogen) atoms. The minimum Gasteiger partial charge on any atom is -0.396 e. The van der Waals surface area contributed by atoms with E-state index in [-0.39, 0.29) is 12.5 Å². The predicted octanol–water partition coefficient (Wildman–Crippen LogP) is 5.27. The van der Waals surface area contributed by atoms with Gasteiger partial charge in [-0.1, -0.05) is 67.5 Å². The number of hydrogen-bond donors (Lipinski definition) is 1. The van der Waals surface area contributed by atoms with Crippen LogP contribution < -0.4 is 0 Å². The predicted molar refractivity (Wildman–Crippen MR) is 100 cm³/mol. The van der Waals surface area contributed by atoms with Crippen LogP contribution in [-0.2, 0) is 0 Å². The highest BCUT2D eigenvalue weighted by Crippen LogP contribution is 2.47. The monoisotopic (exact) mass is 320 g/mol. The van der Waals surface area contributed by atoms with Crippen LogP contribution in [0.25, 0.3) is 0 Å². The van der Waals surface area contributed by atoms with Gasteiger partial charge in [-0.3, -0.25) is 0 Å². The zero-order valence-electron chi connectivity index (χ0n) is 15.9. The molecule has 0 amide bonds. The third-order valence-electron chi connectivity index (χ3n) is 5.72. The molecule has 0 aromatic carbocycles. The Labute approximate surface area is 139 Å². The summed E-state index contributed by atoms with van der Waals surface area (Å²) in [6, 6.07) is 0. The Bertz CT molecular complexity index is 417. The Kier molecular flexibility index (Phi) is 6.96. The molecule has 1 saturated carbocycles. The lowest BCUT2D eigenvalue weighted by Crippen LogP contribution is -2.43. The van der Waals surface area contributed by atoms with Gasteiger partial charge in [-0.25, -0.2) is 0 Å². The van der Waals surface area contributed by atoms with E-state index < -0.39 is 8.07 Å². The first kappa shape index (κ1) is 19.5. The Hall–Kier alpha value is -0.523. The number of aliphatic hydroxyl groups is 1. The molecule has 0 unspecified atom stereocenters. The molecule has 0 aromatic rings. The van der Waals surface area contributed by atoms with Gasteiger partial charge in [0.25, 0.3) is 0 Å². The SMILES string of the molecule is CC(C)[Si](C#C[C@H]1[C@H](C)[C@@H]1/C=C/[C@@H](C)CO)(C(C)C)C(C)C. The van der Waals surface area contributed by atoms with Crippen molar-refractivity contribution in [3.63, 3.8) is 0 Å². The maximum atomic E-state index is 9.12. The number of allylic oxidation sites excluding steroid dienone is 1. The van der Waals surface area contributed by atoms with E-state index in [1.807, 2.05) is 0 Å². The third-order valence-corrected chi connectivity index (χ3v) is 12.0. The summed E-state index contributed by atoms with van der Waals surface area (Å²) in [5.74, 6) is 5.75. The Morgan fingerprint density at radius 3 is 1.91 bits per heavy atom. The van der Waals surface area contributed by atoms with Crippen LogP contribution in [0.2, 0.25) is 16.6 Å². The van der Waals surface area contributed by atoms with E-state index in [2.05, 4.69) is 79.0 Å². The minimum absolute atomic E-state index is 0.234. The summed E-state index contributed by atoms with van der Waals surface area (Å²) in [7, 11) is -1.59. The van der Waals surface area contributed by atoms with Crippen LogP contribution >= 0.6 is 0 Å². The van der Waals surface area contributed by atoms with E-state index in [0.29, 0.717) is 34.4 Å². The summed E-state index contributed by atoms with van der Waals surface area (Å²) in [6.07, 6.45) is 4.44. The average Bonchev–Trinajstić information content (AvgIpc) is 3.04. The van der Waals surface area contributed by atoms with E-state index in [1.165, 1.54) is 0 Å². The molecular weight excluding hydrogens is 284 g/mol. The molecule has 1 rings (SSSR count). The van der Waals surface area contributed by atoms with Crippen molar-refractivity contribution >= 4 is 8.07 Å². The molecule has 0 heterocycles. The second-order valence-corrected chi connectivity index (χ2v) is 13.8. The fourth-order valence-corrected chi connectivity index (χ4v) is 9.32. The maximum absolute atomic E-state index is 9.12. The Balaban J connectivity index is 2.90. The number of rotatable bonds is 6. The lowest BCUT2D eigenvalue weighted by atomic mass is 10.1. The van der Waals surface area contributed by atoms with Crippen LogP contribution in [0.1, 0.15) is 55.4 Å². The summed E-state index contributed by atoms with van der Waals surface area (Å²) in [6.45, 7) is 18.8. The molecule has 0 spiro atoms. The fraction of sp³-hybridized carbons (Fsp3) is 0.800. The highest BCUT2D eigenvalue weighted by Gasteiger charge is 2.46. The molecule has 2 heteroatoms. The van der Waals surface area contributed by atoms with Gasteiger partial charge in [0.05, 0.1) is 0 Å². The van der Waals surface area contributed by atoms with E-state index in [0.717, 1.165) is 0 Å². The Morgan fingerprint density at radius 1 is 1.00 bits per heavy atom.